The lowest BCUT2D eigenvalue weighted by Crippen LogP contribution is -2.45. The summed E-state index contributed by atoms with van der Waals surface area (Å²) in [6.07, 6.45) is -6.57. The van der Waals surface area contributed by atoms with E-state index >= 15 is 4.39 Å². The third-order valence-corrected chi connectivity index (χ3v) is 5.54. The zero-order chi connectivity index (χ0) is 29.1. The molecule has 210 valence electrons. The average molecular weight is 554 g/mol. The number of methoxy groups -OCH3 is 1. The van der Waals surface area contributed by atoms with Gasteiger partial charge in [-0.2, -0.15) is 13.2 Å². The highest BCUT2D eigenvalue weighted by Gasteiger charge is 2.47. The van der Waals surface area contributed by atoms with Crippen LogP contribution in [0.3, 0.4) is 0 Å². The van der Waals surface area contributed by atoms with Crippen molar-refractivity contribution in [2.24, 2.45) is 0 Å². The van der Waals surface area contributed by atoms with Gasteiger partial charge in [-0.1, -0.05) is 30.3 Å². The molecule has 2 aromatic carbocycles. The molecular weight excluding hydrogens is 528 g/mol. The van der Waals surface area contributed by atoms with Crippen LogP contribution in [0.15, 0.2) is 36.4 Å². The van der Waals surface area contributed by atoms with E-state index in [1.54, 1.807) is 51.1 Å². The average Bonchev–Trinajstić information content (AvgIpc) is 3.24. The number of carbonyl (C=O) groups is 4. The number of nitrogens with zero attached hydrogens (tertiary/aromatic N) is 2. The minimum Gasteiger partial charge on any atom is -0.487 e. The van der Waals surface area contributed by atoms with Gasteiger partial charge in [0.15, 0.2) is 5.82 Å². The summed E-state index contributed by atoms with van der Waals surface area (Å²) in [7, 11) is 0.887. The predicted molar refractivity (Wildman–Crippen MR) is 130 cm³/mol. The first kappa shape index (κ1) is 29.4. The SMILES string of the molecule is COC(=O)CN(C(=O)C(F)(F)F)c1c(OCc2ccccc2)cc2c(c1F)C[C@@H](C=O)N2C(=O)OC(C)(C)C. The van der Waals surface area contributed by atoms with Crippen LogP contribution < -0.4 is 14.5 Å². The molecule has 0 aliphatic carbocycles. The van der Waals surface area contributed by atoms with E-state index in [0.29, 0.717) is 11.8 Å². The van der Waals surface area contributed by atoms with Crippen LogP contribution in [0, 0.1) is 5.82 Å². The van der Waals surface area contributed by atoms with Gasteiger partial charge in [-0.3, -0.25) is 19.4 Å². The lowest BCUT2D eigenvalue weighted by molar-refractivity contribution is -0.171. The maximum Gasteiger partial charge on any atom is 0.471 e. The molecule has 2 aromatic rings. The molecule has 0 aromatic heterocycles. The van der Waals surface area contributed by atoms with Crippen molar-refractivity contribution in [1.82, 2.24) is 0 Å². The van der Waals surface area contributed by atoms with Crippen LogP contribution in [-0.4, -0.2) is 55.7 Å². The van der Waals surface area contributed by atoms with Crippen molar-refractivity contribution in [3.8, 4) is 5.75 Å². The first-order valence-electron chi connectivity index (χ1n) is 11.6. The van der Waals surface area contributed by atoms with Gasteiger partial charge in [-0.15, -0.1) is 0 Å². The highest BCUT2D eigenvalue weighted by molar-refractivity contribution is 6.04. The van der Waals surface area contributed by atoms with Crippen molar-refractivity contribution in [3.63, 3.8) is 0 Å². The van der Waals surface area contributed by atoms with Crippen LogP contribution in [0.25, 0.3) is 0 Å². The number of rotatable bonds is 7. The van der Waals surface area contributed by atoms with Crippen LogP contribution in [0.2, 0.25) is 0 Å². The number of halogens is 4. The Bertz CT molecular complexity index is 1260. The molecule has 1 heterocycles. The number of fused-ring (bicyclic) bond motifs is 1. The van der Waals surface area contributed by atoms with Crippen molar-refractivity contribution >= 4 is 35.6 Å². The molecule has 0 spiro atoms. The zero-order valence-corrected chi connectivity index (χ0v) is 21.5. The van der Waals surface area contributed by atoms with Crippen molar-refractivity contribution in [1.29, 1.82) is 0 Å². The van der Waals surface area contributed by atoms with E-state index in [-0.39, 0.29) is 22.8 Å². The Balaban J connectivity index is 2.23. The summed E-state index contributed by atoms with van der Waals surface area (Å²) < 4.78 is 72.2. The summed E-state index contributed by atoms with van der Waals surface area (Å²) in [5.41, 5.74) is -1.98. The molecule has 0 fully saturated rings. The highest BCUT2D eigenvalue weighted by Crippen LogP contribution is 2.45. The van der Waals surface area contributed by atoms with Crippen molar-refractivity contribution in [3.05, 3.63) is 53.3 Å². The molecule has 0 saturated carbocycles. The second kappa shape index (κ2) is 11.3. The topological polar surface area (TPSA) is 102 Å². The van der Waals surface area contributed by atoms with Gasteiger partial charge in [0.2, 0.25) is 0 Å². The van der Waals surface area contributed by atoms with Crippen LogP contribution in [0.1, 0.15) is 31.9 Å². The minimum atomic E-state index is -5.50. The summed E-state index contributed by atoms with van der Waals surface area (Å²) in [4.78, 5) is 49.9. The number of alkyl halides is 3. The molecule has 0 bridgehead atoms. The molecule has 0 radical (unpaired) electrons. The van der Waals surface area contributed by atoms with E-state index in [9.17, 15) is 32.3 Å². The van der Waals surface area contributed by atoms with Gasteiger partial charge in [0.25, 0.3) is 0 Å². The number of carbonyl (C=O) groups excluding carboxylic acids is 4. The fourth-order valence-corrected chi connectivity index (χ4v) is 3.88. The van der Waals surface area contributed by atoms with Crippen LogP contribution >= 0.6 is 0 Å². The van der Waals surface area contributed by atoms with Gasteiger partial charge >= 0.3 is 24.1 Å². The molecule has 13 heteroatoms. The van der Waals surface area contributed by atoms with Crippen LogP contribution in [0.5, 0.6) is 5.75 Å². The standard InChI is InChI=1S/C26H26F4N2O7/c1-25(2,3)39-24(36)32-16(13-33)10-17-18(32)11-19(38-14-15-8-6-5-7-9-15)22(21(17)27)31(12-20(34)37-4)23(35)26(28,29)30/h5-9,11,13,16H,10,12,14H2,1-4H3/t16-/m0/s1. The number of hydrogen-bond acceptors (Lipinski definition) is 7. The Hall–Kier alpha value is -4.16. The van der Waals surface area contributed by atoms with E-state index in [1.165, 1.54) is 0 Å². The quantitative estimate of drug-likeness (QED) is 0.285. The molecular formula is C26H26F4N2O7. The first-order chi connectivity index (χ1) is 18.2. The summed E-state index contributed by atoms with van der Waals surface area (Å²) >= 11 is 0. The molecule has 39 heavy (non-hydrogen) atoms. The maximum absolute atomic E-state index is 16.1. The molecule has 0 saturated heterocycles. The molecule has 0 unspecified atom stereocenters. The van der Waals surface area contributed by atoms with Gasteiger partial charge in [0.05, 0.1) is 18.8 Å². The third-order valence-electron chi connectivity index (χ3n) is 5.54. The fourth-order valence-electron chi connectivity index (χ4n) is 3.88. The molecule has 1 atom stereocenters. The summed E-state index contributed by atoms with van der Waals surface area (Å²) in [5, 5.41) is 0. The predicted octanol–water partition coefficient (Wildman–Crippen LogP) is 4.34. The van der Waals surface area contributed by atoms with Gasteiger partial charge in [-0.05, 0) is 26.3 Å². The monoisotopic (exact) mass is 554 g/mol. The van der Waals surface area contributed by atoms with Crippen molar-refractivity contribution < 1.29 is 51.0 Å². The van der Waals surface area contributed by atoms with Crippen LogP contribution in [-0.2, 0) is 36.9 Å². The van der Waals surface area contributed by atoms with E-state index in [0.717, 1.165) is 18.1 Å². The Kier molecular flexibility index (Phi) is 8.51. The third kappa shape index (κ3) is 6.65. The first-order valence-corrected chi connectivity index (χ1v) is 11.6. The number of esters is 1. The lowest BCUT2D eigenvalue weighted by atomic mass is 10.1. The molecule has 3 rings (SSSR count). The van der Waals surface area contributed by atoms with Crippen LogP contribution in [0.4, 0.5) is 33.7 Å². The normalized spacial score (nSPS) is 14.9. The lowest BCUT2D eigenvalue weighted by Gasteiger charge is -2.29. The number of aldehydes is 1. The summed E-state index contributed by atoms with van der Waals surface area (Å²) in [5.74, 6) is -5.78. The van der Waals surface area contributed by atoms with Gasteiger partial charge < -0.3 is 19.0 Å². The zero-order valence-electron chi connectivity index (χ0n) is 21.5. The highest BCUT2D eigenvalue weighted by atomic mass is 19.4. The Morgan fingerprint density at radius 1 is 1.13 bits per heavy atom. The molecule has 1 aliphatic rings. The van der Waals surface area contributed by atoms with E-state index in [4.69, 9.17) is 9.47 Å². The van der Waals surface area contributed by atoms with Gasteiger partial charge in [0, 0.05) is 18.1 Å². The molecule has 1 aliphatic heterocycles. The maximum atomic E-state index is 16.1. The summed E-state index contributed by atoms with van der Waals surface area (Å²) in [6.45, 7) is 3.15. The smallest absolute Gasteiger partial charge is 0.471 e. The van der Waals surface area contributed by atoms with E-state index < -0.39 is 66.0 Å². The second-order valence-corrected chi connectivity index (χ2v) is 9.53. The minimum absolute atomic E-state index is 0.131. The second-order valence-electron chi connectivity index (χ2n) is 9.53. The Morgan fingerprint density at radius 2 is 1.77 bits per heavy atom. The van der Waals surface area contributed by atoms with E-state index in [1.807, 2.05) is 0 Å². The molecule has 9 nitrogen and oxygen atoms in total. The number of amides is 2. The Labute approximate surface area is 221 Å². The van der Waals surface area contributed by atoms with Gasteiger partial charge in [0.1, 0.15) is 36.5 Å². The molecule has 2 amide bonds. The number of hydrogen-bond donors (Lipinski definition) is 0. The van der Waals surface area contributed by atoms with Crippen molar-refractivity contribution in [2.75, 3.05) is 23.5 Å². The largest absolute Gasteiger partial charge is 0.487 e. The summed E-state index contributed by atoms with van der Waals surface area (Å²) in [6, 6.07) is 8.09. The van der Waals surface area contributed by atoms with E-state index in [2.05, 4.69) is 4.74 Å². The number of ether oxygens (including phenoxy) is 3. The fraction of sp³-hybridized carbons (Fsp3) is 0.385. The number of anilines is 2. The number of benzene rings is 2. The van der Waals surface area contributed by atoms with Crippen molar-refractivity contribution in [2.45, 2.75) is 51.6 Å². The Morgan fingerprint density at radius 3 is 2.31 bits per heavy atom. The molecule has 0 N–H and O–H groups in total. The van der Waals surface area contributed by atoms with Gasteiger partial charge in [-0.25, -0.2) is 9.18 Å².